The molecule has 0 radical (unpaired) electrons. The van der Waals surface area contributed by atoms with E-state index in [0.29, 0.717) is 11.4 Å². The van der Waals surface area contributed by atoms with Gasteiger partial charge in [0.15, 0.2) is 11.7 Å². The molecule has 24 heavy (non-hydrogen) atoms. The molecule has 2 aromatic heterocycles. The Morgan fingerprint density at radius 1 is 1.29 bits per heavy atom. The summed E-state index contributed by atoms with van der Waals surface area (Å²) in [6.45, 7) is 8.06. The van der Waals surface area contributed by atoms with Crippen LogP contribution in [0.15, 0.2) is 30.3 Å². The first-order valence-electron chi connectivity index (χ1n) is 8.01. The van der Waals surface area contributed by atoms with Crippen molar-refractivity contribution in [2.75, 3.05) is 0 Å². The van der Waals surface area contributed by atoms with Crippen LogP contribution < -0.4 is 0 Å². The van der Waals surface area contributed by atoms with Crippen LogP contribution in [-0.2, 0) is 0 Å². The second kappa shape index (κ2) is 5.97. The molecule has 1 atom stereocenters. The highest BCUT2D eigenvalue weighted by Gasteiger charge is 2.28. The average Bonchev–Trinajstić information content (AvgIpc) is 3.08. The number of imidazole rings is 1. The number of nitrogens with zero attached hydrogens (tertiary/aromatic N) is 3. The molecule has 0 bridgehead atoms. The predicted octanol–water partition coefficient (Wildman–Crippen LogP) is 4.05. The molecule has 3 aromatic rings. The highest BCUT2D eigenvalue weighted by Crippen LogP contribution is 2.26. The zero-order valence-electron chi connectivity index (χ0n) is 14.3. The molecule has 5 nitrogen and oxygen atoms in total. The highest BCUT2D eigenvalue weighted by molar-refractivity contribution is 6.03. The summed E-state index contributed by atoms with van der Waals surface area (Å²) in [6, 6.07) is 11.8. The number of aromatic amines is 1. The fourth-order valence-electron chi connectivity index (χ4n) is 3.33. The monoisotopic (exact) mass is 320 g/mol. The van der Waals surface area contributed by atoms with Gasteiger partial charge in [0.2, 0.25) is 0 Å². The molecule has 0 saturated heterocycles. The molecular weight excluding hydrogens is 300 g/mol. The molecule has 0 saturated carbocycles. The van der Waals surface area contributed by atoms with Crippen molar-refractivity contribution in [1.82, 2.24) is 14.5 Å². The van der Waals surface area contributed by atoms with E-state index < -0.39 is 5.92 Å². The number of aromatic nitrogens is 3. The van der Waals surface area contributed by atoms with Crippen molar-refractivity contribution in [2.24, 2.45) is 0 Å². The first kappa shape index (κ1) is 16.0. The molecule has 2 heterocycles. The standard InChI is InChI=1S/C19H20N4O/c1-11(2)23-12(3)9-14(13(23)4)18(24)15(10-20)19-21-16-7-5-6-8-17(16)22-19/h5-9,11,15H,1-4H3,(H,21,22)/t15-/m1/s1. The van der Waals surface area contributed by atoms with E-state index in [-0.39, 0.29) is 11.8 Å². The van der Waals surface area contributed by atoms with Gasteiger partial charge in [-0.05, 0) is 45.9 Å². The zero-order chi connectivity index (χ0) is 17.4. The molecule has 0 spiro atoms. The molecule has 5 heteroatoms. The quantitative estimate of drug-likeness (QED) is 0.737. The molecular formula is C19H20N4O. The van der Waals surface area contributed by atoms with E-state index in [4.69, 9.17) is 0 Å². The van der Waals surface area contributed by atoms with Gasteiger partial charge in [-0.1, -0.05) is 12.1 Å². The number of nitriles is 1. The first-order chi connectivity index (χ1) is 11.4. The summed E-state index contributed by atoms with van der Waals surface area (Å²) < 4.78 is 2.11. The van der Waals surface area contributed by atoms with Crippen LogP contribution in [0.1, 0.15) is 53.4 Å². The van der Waals surface area contributed by atoms with E-state index in [1.54, 1.807) is 0 Å². The second-order valence-electron chi connectivity index (χ2n) is 6.31. The lowest BCUT2D eigenvalue weighted by atomic mass is 9.98. The molecule has 0 aliphatic carbocycles. The van der Waals surface area contributed by atoms with Crippen LogP contribution in [0, 0.1) is 25.2 Å². The van der Waals surface area contributed by atoms with Crippen LogP contribution in [-0.4, -0.2) is 20.3 Å². The minimum Gasteiger partial charge on any atom is -0.346 e. The third kappa shape index (κ3) is 2.50. The molecule has 1 aromatic carbocycles. The van der Waals surface area contributed by atoms with Crippen LogP contribution in [0.25, 0.3) is 11.0 Å². The summed E-state index contributed by atoms with van der Waals surface area (Å²) in [5.74, 6) is -0.742. The van der Waals surface area contributed by atoms with Crippen LogP contribution >= 0.6 is 0 Å². The number of rotatable bonds is 4. The number of hydrogen-bond donors (Lipinski definition) is 1. The summed E-state index contributed by atoms with van der Waals surface area (Å²) in [5, 5.41) is 9.57. The Bertz CT molecular complexity index is 923. The number of Topliss-reactive ketones (excluding diaryl/α,β-unsaturated/α-hetero) is 1. The number of hydrogen-bond acceptors (Lipinski definition) is 3. The Hall–Kier alpha value is -2.87. The number of para-hydroxylation sites is 2. The smallest absolute Gasteiger partial charge is 0.189 e. The van der Waals surface area contributed by atoms with E-state index in [1.807, 2.05) is 44.2 Å². The predicted molar refractivity (Wildman–Crippen MR) is 93.1 cm³/mol. The summed E-state index contributed by atoms with van der Waals surface area (Å²) in [7, 11) is 0. The maximum Gasteiger partial charge on any atom is 0.189 e. The van der Waals surface area contributed by atoms with Crippen molar-refractivity contribution < 1.29 is 4.79 Å². The fourth-order valence-corrected chi connectivity index (χ4v) is 3.33. The van der Waals surface area contributed by atoms with E-state index in [2.05, 4.69) is 34.5 Å². The van der Waals surface area contributed by atoms with E-state index >= 15 is 0 Å². The lowest BCUT2D eigenvalue weighted by molar-refractivity contribution is 0.0976. The van der Waals surface area contributed by atoms with Crippen LogP contribution in [0.4, 0.5) is 0 Å². The SMILES string of the molecule is Cc1cc(C(=O)[C@@H](C#N)c2nc3ccccc3[nH]2)c(C)n1C(C)C. The zero-order valence-corrected chi connectivity index (χ0v) is 14.3. The Balaban J connectivity index is 2.04. The number of H-pyrrole nitrogens is 1. The van der Waals surface area contributed by atoms with E-state index in [1.165, 1.54) is 0 Å². The minimum absolute atomic E-state index is 0.212. The lowest BCUT2D eigenvalue weighted by Gasteiger charge is -2.14. The van der Waals surface area contributed by atoms with E-state index in [0.717, 1.165) is 22.4 Å². The number of carbonyl (C=O) groups is 1. The van der Waals surface area contributed by atoms with Gasteiger partial charge in [0.25, 0.3) is 0 Å². The van der Waals surface area contributed by atoms with Gasteiger partial charge in [-0.2, -0.15) is 5.26 Å². The molecule has 0 aliphatic rings. The van der Waals surface area contributed by atoms with Gasteiger partial charge in [0.05, 0.1) is 17.1 Å². The van der Waals surface area contributed by atoms with Crippen molar-refractivity contribution in [2.45, 2.75) is 39.7 Å². The number of carbonyl (C=O) groups excluding carboxylic acids is 1. The maximum atomic E-state index is 13.0. The number of nitrogens with one attached hydrogen (secondary N) is 1. The molecule has 3 rings (SSSR count). The number of benzene rings is 1. The molecule has 0 amide bonds. The maximum absolute atomic E-state index is 13.0. The third-order valence-electron chi connectivity index (χ3n) is 4.34. The Morgan fingerprint density at radius 3 is 2.58 bits per heavy atom. The topological polar surface area (TPSA) is 74.5 Å². The lowest BCUT2D eigenvalue weighted by Crippen LogP contribution is -2.14. The Labute approximate surface area is 140 Å². The van der Waals surface area contributed by atoms with Crippen molar-refractivity contribution in [1.29, 1.82) is 5.26 Å². The largest absolute Gasteiger partial charge is 0.346 e. The summed E-state index contributed by atoms with van der Waals surface area (Å²) in [4.78, 5) is 20.5. The molecule has 0 aliphatic heterocycles. The summed E-state index contributed by atoms with van der Waals surface area (Å²) in [6.07, 6.45) is 0. The Kier molecular flexibility index (Phi) is 3.98. The third-order valence-corrected chi connectivity index (χ3v) is 4.34. The fraction of sp³-hybridized carbons (Fsp3) is 0.316. The number of fused-ring (bicyclic) bond motifs is 1. The van der Waals surface area contributed by atoms with Gasteiger partial charge < -0.3 is 9.55 Å². The molecule has 122 valence electrons. The minimum atomic E-state index is -0.932. The van der Waals surface area contributed by atoms with Crippen LogP contribution in [0.5, 0.6) is 0 Å². The van der Waals surface area contributed by atoms with Crippen molar-refractivity contribution in [3.8, 4) is 6.07 Å². The second-order valence-corrected chi connectivity index (χ2v) is 6.31. The molecule has 1 N–H and O–H groups in total. The van der Waals surface area contributed by atoms with Crippen molar-refractivity contribution >= 4 is 16.8 Å². The van der Waals surface area contributed by atoms with Crippen molar-refractivity contribution in [3.05, 3.63) is 53.1 Å². The van der Waals surface area contributed by atoms with Crippen LogP contribution in [0.2, 0.25) is 0 Å². The van der Waals surface area contributed by atoms with Crippen LogP contribution in [0.3, 0.4) is 0 Å². The van der Waals surface area contributed by atoms with Gasteiger partial charge in [-0.15, -0.1) is 0 Å². The molecule has 0 fully saturated rings. The Morgan fingerprint density at radius 2 is 2.00 bits per heavy atom. The van der Waals surface area contributed by atoms with Gasteiger partial charge in [0.1, 0.15) is 5.82 Å². The van der Waals surface area contributed by atoms with Gasteiger partial charge >= 0.3 is 0 Å². The first-order valence-corrected chi connectivity index (χ1v) is 8.01. The van der Waals surface area contributed by atoms with Gasteiger partial charge in [-0.3, -0.25) is 4.79 Å². The van der Waals surface area contributed by atoms with Gasteiger partial charge in [0, 0.05) is 23.0 Å². The molecule has 0 unspecified atom stereocenters. The van der Waals surface area contributed by atoms with E-state index in [9.17, 15) is 10.1 Å². The normalized spacial score (nSPS) is 12.5. The highest BCUT2D eigenvalue weighted by atomic mass is 16.1. The number of ketones is 1. The summed E-state index contributed by atoms with van der Waals surface area (Å²) >= 11 is 0. The van der Waals surface area contributed by atoms with Gasteiger partial charge in [-0.25, -0.2) is 4.98 Å². The summed E-state index contributed by atoms with van der Waals surface area (Å²) in [5.41, 5.74) is 4.09. The number of aryl methyl sites for hydroxylation is 1. The average molecular weight is 320 g/mol. The van der Waals surface area contributed by atoms with Crippen molar-refractivity contribution in [3.63, 3.8) is 0 Å².